The average molecular weight is 340 g/mol. The molecule has 0 bridgehead atoms. The molecule has 1 heterocycles. The summed E-state index contributed by atoms with van der Waals surface area (Å²) >= 11 is 0. The summed E-state index contributed by atoms with van der Waals surface area (Å²) in [5, 5.41) is 0. The highest BCUT2D eigenvalue weighted by Gasteiger charge is 2.30. The summed E-state index contributed by atoms with van der Waals surface area (Å²) in [6.07, 6.45) is 0.599. The third kappa shape index (κ3) is 3.84. The lowest BCUT2D eigenvalue weighted by Crippen LogP contribution is -2.50. The monoisotopic (exact) mass is 340 g/mol. The largest absolute Gasteiger partial charge is 0.453 e. The van der Waals surface area contributed by atoms with Crippen LogP contribution in [0.25, 0.3) is 0 Å². The molecule has 0 N–H and O–H groups in total. The Morgan fingerprint density at radius 1 is 1.17 bits per heavy atom. The summed E-state index contributed by atoms with van der Waals surface area (Å²) in [4.78, 5) is 13.3. The molecule has 0 spiro atoms. The van der Waals surface area contributed by atoms with Crippen LogP contribution >= 0.6 is 0 Å². The maximum absolute atomic E-state index is 12.7. The highest BCUT2D eigenvalue weighted by Crippen LogP contribution is 2.23. The molecule has 0 aromatic heterocycles. The molecule has 0 saturated carbocycles. The van der Waals surface area contributed by atoms with Crippen LogP contribution in [0.4, 0.5) is 4.79 Å². The number of rotatable bonds is 4. The van der Waals surface area contributed by atoms with Crippen LogP contribution in [0.15, 0.2) is 29.2 Å². The minimum absolute atomic E-state index is 0.282. The molecule has 2 rings (SSSR count). The Morgan fingerprint density at radius 2 is 1.74 bits per heavy atom. The van der Waals surface area contributed by atoms with Gasteiger partial charge >= 0.3 is 6.09 Å². The van der Waals surface area contributed by atoms with E-state index in [2.05, 4.69) is 18.6 Å². The Labute approximate surface area is 138 Å². The molecule has 1 aromatic carbocycles. The van der Waals surface area contributed by atoms with E-state index < -0.39 is 16.1 Å². The molecule has 1 aliphatic heterocycles. The predicted octanol–water partition coefficient (Wildman–Crippen LogP) is 2.27. The maximum atomic E-state index is 12.7. The molecule has 1 saturated heterocycles. The Hall–Kier alpha value is -1.60. The fourth-order valence-corrected chi connectivity index (χ4v) is 4.02. The number of carbonyl (C=O) groups is 1. The van der Waals surface area contributed by atoms with Crippen LogP contribution in [0, 0.1) is 0 Å². The van der Waals surface area contributed by atoms with Gasteiger partial charge in [-0.3, -0.25) is 0 Å². The summed E-state index contributed by atoms with van der Waals surface area (Å²) in [6, 6.07) is 7.10. The van der Waals surface area contributed by atoms with E-state index in [1.54, 1.807) is 12.1 Å². The van der Waals surface area contributed by atoms with E-state index in [1.807, 2.05) is 12.1 Å². The highest BCUT2D eigenvalue weighted by atomic mass is 32.2. The summed E-state index contributed by atoms with van der Waals surface area (Å²) in [5.74, 6) is 0.412. The number of nitrogens with zero attached hydrogens (tertiary/aromatic N) is 2. The van der Waals surface area contributed by atoms with Gasteiger partial charge in [-0.2, -0.15) is 4.31 Å². The van der Waals surface area contributed by atoms with Gasteiger partial charge in [-0.1, -0.05) is 26.0 Å². The molecule has 23 heavy (non-hydrogen) atoms. The number of hydrogen-bond acceptors (Lipinski definition) is 4. The second-order valence-electron chi connectivity index (χ2n) is 5.74. The topological polar surface area (TPSA) is 66.9 Å². The number of benzene rings is 1. The molecule has 128 valence electrons. The molecule has 1 amide bonds. The van der Waals surface area contributed by atoms with Crippen LogP contribution in [0.3, 0.4) is 0 Å². The fourth-order valence-electron chi connectivity index (χ4n) is 2.59. The van der Waals surface area contributed by atoms with Crippen molar-refractivity contribution < 1.29 is 17.9 Å². The van der Waals surface area contributed by atoms with Crippen LogP contribution in [-0.2, 0) is 14.8 Å². The van der Waals surface area contributed by atoms with Crippen LogP contribution in [0.1, 0.15) is 31.7 Å². The van der Waals surface area contributed by atoms with E-state index in [9.17, 15) is 13.2 Å². The first-order valence-corrected chi connectivity index (χ1v) is 9.27. The zero-order valence-electron chi connectivity index (χ0n) is 13.9. The maximum Gasteiger partial charge on any atom is 0.409 e. The summed E-state index contributed by atoms with van der Waals surface area (Å²) in [7, 11) is -2.19. The summed E-state index contributed by atoms with van der Waals surface area (Å²) in [5.41, 5.74) is 1.14. The Bertz CT molecular complexity index is 635. The lowest BCUT2D eigenvalue weighted by molar-refractivity contribution is 0.108. The minimum atomic E-state index is -3.51. The van der Waals surface area contributed by atoms with Crippen LogP contribution in [0.5, 0.6) is 0 Å². The third-order valence-corrected chi connectivity index (χ3v) is 6.28. The molecule has 1 unspecified atom stereocenters. The summed E-state index contributed by atoms with van der Waals surface area (Å²) in [6.45, 7) is 5.48. The Morgan fingerprint density at radius 3 is 2.22 bits per heavy atom. The Balaban J connectivity index is 2.09. The molecule has 1 aliphatic rings. The van der Waals surface area contributed by atoms with Crippen molar-refractivity contribution in [2.24, 2.45) is 0 Å². The smallest absolute Gasteiger partial charge is 0.409 e. The minimum Gasteiger partial charge on any atom is -0.453 e. The van der Waals surface area contributed by atoms with E-state index in [1.165, 1.54) is 16.3 Å². The molecule has 1 fully saturated rings. The van der Waals surface area contributed by atoms with Gasteiger partial charge in [0.1, 0.15) is 0 Å². The number of piperazine rings is 1. The van der Waals surface area contributed by atoms with Crippen molar-refractivity contribution >= 4 is 16.1 Å². The van der Waals surface area contributed by atoms with Crippen molar-refractivity contribution in [2.75, 3.05) is 33.3 Å². The van der Waals surface area contributed by atoms with Gasteiger partial charge in [0, 0.05) is 26.2 Å². The van der Waals surface area contributed by atoms with Gasteiger partial charge in [0.25, 0.3) is 0 Å². The molecule has 0 radical (unpaired) electrons. The van der Waals surface area contributed by atoms with Crippen molar-refractivity contribution in [3.63, 3.8) is 0 Å². The van der Waals surface area contributed by atoms with Crippen LogP contribution in [-0.4, -0.2) is 57.0 Å². The lowest BCUT2D eigenvalue weighted by atomic mass is 9.99. The molecular weight excluding hydrogens is 316 g/mol. The van der Waals surface area contributed by atoms with Crippen molar-refractivity contribution in [3.05, 3.63) is 29.8 Å². The van der Waals surface area contributed by atoms with Crippen molar-refractivity contribution in [1.29, 1.82) is 0 Å². The number of amides is 1. The van der Waals surface area contributed by atoms with Gasteiger partial charge < -0.3 is 9.64 Å². The van der Waals surface area contributed by atoms with Gasteiger partial charge in [0.05, 0.1) is 12.0 Å². The molecular formula is C16H24N2O4S. The van der Waals surface area contributed by atoms with Gasteiger partial charge in [-0.15, -0.1) is 0 Å². The Kier molecular flexibility index (Phi) is 5.64. The van der Waals surface area contributed by atoms with E-state index in [0.717, 1.165) is 12.0 Å². The van der Waals surface area contributed by atoms with Crippen molar-refractivity contribution in [1.82, 2.24) is 9.21 Å². The first kappa shape index (κ1) is 17.7. The first-order valence-electron chi connectivity index (χ1n) is 7.83. The fraction of sp³-hybridized carbons (Fsp3) is 0.562. The quantitative estimate of drug-likeness (QED) is 0.843. The second kappa shape index (κ2) is 7.31. The normalized spacial score (nSPS) is 17.8. The molecule has 6 nitrogen and oxygen atoms in total. The SMILES string of the molecule is CCC(C)c1ccc(S(=O)(=O)N2CCN(C(=O)OC)CC2)cc1. The predicted molar refractivity (Wildman–Crippen MR) is 87.9 cm³/mol. The standard InChI is InChI=1S/C16H24N2O4S/c1-4-13(2)14-5-7-15(8-6-14)23(20,21)18-11-9-17(10-12-18)16(19)22-3/h5-8,13H,4,9-12H2,1-3H3. The number of sulfonamides is 1. The number of methoxy groups -OCH3 is 1. The van der Waals surface area contributed by atoms with Crippen LogP contribution in [0.2, 0.25) is 0 Å². The third-order valence-electron chi connectivity index (χ3n) is 4.37. The number of carbonyl (C=O) groups excluding carboxylic acids is 1. The number of hydrogen-bond donors (Lipinski definition) is 0. The van der Waals surface area contributed by atoms with E-state index >= 15 is 0 Å². The molecule has 0 aliphatic carbocycles. The van der Waals surface area contributed by atoms with Crippen molar-refractivity contribution in [3.8, 4) is 0 Å². The van der Waals surface area contributed by atoms with E-state index in [-0.39, 0.29) is 13.1 Å². The van der Waals surface area contributed by atoms with Gasteiger partial charge in [-0.05, 0) is 30.0 Å². The average Bonchev–Trinajstić information content (AvgIpc) is 2.60. The molecule has 1 aromatic rings. The van der Waals surface area contributed by atoms with Gasteiger partial charge in [-0.25, -0.2) is 13.2 Å². The first-order chi connectivity index (χ1) is 10.9. The highest BCUT2D eigenvalue weighted by molar-refractivity contribution is 7.89. The zero-order chi connectivity index (χ0) is 17.0. The van der Waals surface area contributed by atoms with Crippen molar-refractivity contribution in [2.45, 2.75) is 31.1 Å². The molecule has 1 atom stereocenters. The van der Waals surface area contributed by atoms with E-state index in [4.69, 9.17) is 0 Å². The van der Waals surface area contributed by atoms with Crippen LogP contribution < -0.4 is 0 Å². The number of ether oxygens (including phenoxy) is 1. The molecule has 7 heteroatoms. The van der Waals surface area contributed by atoms with Gasteiger partial charge in [0.15, 0.2) is 0 Å². The van der Waals surface area contributed by atoms with E-state index in [0.29, 0.717) is 23.9 Å². The zero-order valence-corrected chi connectivity index (χ0v) is 14.7. The second-order valence-corrected chi connectivity index (χ2v) is 7.68. The lowest BCUT2D eigenvalue weighted by Gasteiger charge is -2.33. The summed E-state index contributed by atoms with van der Waals surface area (Å²) < 4.78 is 31.4. The van der Waals surface area contributed by atoms with Gasteiger partial charge in [0.2, 0.25) is 10.0 Å².